The van der Waals surface area contributed by atoms with Gasteiger partial charge in [-0.25, -0.2) is 8.42 Å². The standard InChI is InChI=1S/C31H35Cl2N3O4S/c1-22-15-17-25(18-16-22)36(41(2,39)40)21-30(37)35(20-26-27(32)13-8-14-28(26)33)29(19-23-9-4-3-5-10-23)31(38)34-24-11-6-7-12-24/h3-5,8-10,13-18,24,29H,6-7,11-12,19-21H2,1-2H3,(H,34,38). The van der Waals surface area contributed by atoms with E-state index in [1.807, 2.05) is 37.3 Å². The summed E-state index contributed by atoms with van der Waals surface area (Å²) in [5, 5.41) is 3.84. The Morgan fingerprint density at radius 3 is 2.12 bits per heavy atom. The number of nitrogens with zero attached hydrogens (tertiary/aromatic N) is 2. The number of rotatable bonds is 11. The van der Waals surface area contributed by atoms with Gasteiger partial charge in [0, 0.05) is 34.6 Å². The van der Waals surface area contributed by atoms with E-state index in [0.29, 0.717) is 21.3 Å². The first-order valence-electron chi connectivity index (χ1n) is 13.6. The molecule has 4 rings (SSSR count). The summed E-state index contributed by atoms with van der Waals surface area (Å²) in [4.78, 5) is 29.5. The van der Waals surface area contributed by atoms with Crippen molar-refractivity contribution in [3.8, 4) is 0 Å². The first kappa shape index (κ1) is 30.9. The Morgan fingerprint density at radius 2 is 1.54 bits per heavy atom. The number of aryl methyl sites for hydroxylation is 1. The van der Waals surface area contributed by atoms with Gasteiger partial charge in [0.25, 0.3) is 0 Å². The van der Waals surface area contributed by atoms with E-state index >= 15 is 0 Å². The highest BCUT2D eigenvalue weighted by Crippen LogP contribution is 2.28. The Hall–Kier alpha value is -3.07. The molecule has 2 amide bonds. The molecular formula is C31H35Cl2N3O4S. The monoisotopic (exact) mass is 615 g/mol. The van der Waals surface area contributed by atoms with Crippen LogP contribution in [0.5, 0.6) is 0 Å². The number of sulfonamides is 1. The van der Waals surface area contributed by atoms with Crippen LogP contribution >= 0.6 is 23.2 Å². The van der Waals surface area contributed by atoms with Gasteiger partial charge in [0.1, 0.15) is 12.6 Å². The summed E-state index contributed by atoms with van der Waals surface area (Å²) in [6.45, 7) is 1.33. The highest BCUT2D eigenvalue weighted by Gasteiger charge is 2.35. The molecule has 0 heterocycles. The van der Waals surface area contributed by atoms with Crippen molar-refractivity contribution in [2.75, 3.05) is 17.1 Å². The molecule has 7 nitrogen and oxygen atoms in total. The molecular weight excluding hydrogens is 581 g/mol. The van der Waals surface area contributed by atoms with Gasteiger partial charge in [-0.1, -0.05) is 90.1 Å². The molecule has 0 saturated heterocycles. The molecule has 0 bridgehead atoms. The molecule has 41 heavy (non-hydrogen) atoms. The van der Waals surface area contributed by atoms with Gasteiger partial charge >= 0.3 is 0 Å². The number of amides is 2. The minimum Gasteiger partial charge on any atom is -0.352 e. The SMILES string of the molecule is Cc1ccc(N(CC(=O)N(Cc2c(Cl)cccc2Cl)C(Cc2ccccc2)C(=O)NC2CCCC2)S(C)(=O)=O)cc1. The Kier molecular flexibility index (Phi) is 10.3. The fourth-order valence-electron chi connectivity index (χ4n) is 5.10. The van der Waals surface area contributed by atoms with Crippen LogP contribution in [0, 0.1) is 6.92 Å². The zero-order chi connectivity index (χ0) is 29.6. The van der Waals surface area contributed by atoms with Crippen molar-refractivity contribution in [2.45, 2.75) is 57.7 Å². The van der Waals surface area contributed by atoms with Gasteiger partial charge in [-0.2, -0.15) is 0 Å². The predicted molar refractivity (Wildman–Crippen MR) is 165 cm³/mol. The van der Waals surface area contributed by atoms with Gasteiger partial charge in [0.2, 0.25) is 21.8 Å². The largest absolute Gasteiger partial charge is 0.352 e. The summed E-state index contributed by atoms with van der Waals surface area (Å²) in [5.41, 5.74) is 2.66. The van der Waals surface area contributed by atoms with Crippen molar-refractivity contribution in [1.29, 1.82) is 0 Å². The molecule has 3 aromatic carbocycles. The molecule has 10 heteroatoms. The lowest BCUT2D eigenvalue weighted by molar-refractivity contribution is -0.140. The molecule has 1 unspecified atom stereocenters. The summed E-state index contributed by atoms with van der Waals surface area (Å²) in [5.74, 6) is -0.840. The van der Waals surface area contributed by atoms with Gasteiger partial charge in [0.05, 0.1) is 11.9 Å². The van der Waals surface area contributed by atoms with E-state index in [1.54, 1.807) is 42.5 Å². The topological polar surface area (TPSA) is 86.8 Å². The van der Waals surface area contributed by atoms with Crippen LogP contribution in [0.25, 0.3) is 0 Å². The van der Waals surface area contributed by atoms with Crippen LogP contribution in [0.15, 0.2) is 72.8 Å². The lowest BCUT2D eigenvalue weighted by atomic mass is 10.0. The highest BCUT2D eigenvalue weighted by atomic mass is 35.5. The van der Waals surface area contributed by atoms with Crippen LogP contribution in [-0.4, -0.2) is 50.0 Å². The van der Waals surface area contributed by atoms with Gasteiger partial charge in [-0.3, -0.25) is 13.9 Å². The Labute approximate surface area is 252 Å². The minimum atomic E-state index is -3.84. The van der Waals surface area contributed by atoms with Crippen molar-refractivity contribution in [3.63, 3.8) is 0 Å². The number of carbonyl (C=O) groups excluding carboxylic acids is 2. The van der Waals surface area contributed by atoms with Gasteiger partial charge in [0.15, 0.2) is 0 Å². The maximum atomic E-state index is 14.2. The maximum Gasteiger partial charge on any atom is 0.244 e. The first-order valence-corrected chi connectivity index (χ1v) is 16.2. The van der Waals surface area contributed by atoms with Crippen LogP contribution in [-0.2, 0) is 32.6 Å². The van der Waals surface area contributed by atoms with E-state index in [4.69, 9.17) is 23.2 Å². The van der Waals surface area contributed by atoms with Crippen molar-refractivity contribution in [2.24, 2.45) is 0 Å². The predicted octanol–water partition coefficient (Wildman–Crippen LogP) is 5.77. The normalized spacial score (nSPS) is 14.4. The molecule has 3 aromatic rings. The third kappa shape index (κ3) is 8.24. The summed E-state index contributed by atoms with van der Waals surface area (Å²) >= 11 is 13.0. The molecule has 0 aliphatic heterocycles. The molecule has 1 N–H and O–H groups in total. The number of hydrogen-bond acceptors (Lipinski definition) is 4. The van der Waals surface area contributed by atoms with Gasteiger partial charge < -0.3 is 10.2 Å². The first-order chi connectivity index (χ1) is 19.5. The van der Waals surface area contributed by atoms with Crippen molar-refractivity contribution in [3.05, 3.63) is 99.5 Å². The zero-order valence-electron chi connectivity index (χ0n) is 23.2. The average molecular weight is 617 g/mol. The third-order valence-corrected chi connectivity index (χ3v) is 9.21. The quantitative estimate of drug-likeness (QED) is 0.297. The lowest BCUT2D eigenvalue weighted by Crippen LogP contribution is -2.54. The molecule has 1 aliphatic rings. The van der Waals surface area contributed by atoms with Gasteiger partial charge in [-0.05, 0) is 49.6 Å². The number of anilines is 1. The van der Waals surface area contributed by atoms with Crippen LogP contribution < -0.4 is 9.62 Å². The lowest BCUT2D eigenvalue weighted by Gasteiger charge is -2.34. The van der Waals surface area contributed by atoms with E-state index in [0.717, 1.165) is 47.4 Å². The maximum absolute atomic E-state index is 14.2. The smallest absolute Gasteiger partial charge is 0.244 e. The summed E-state index contributed by atoms with van der Waals surface area (Å²) in [6.07, 6.45) is 5.12. The average Bonchev–Trinajstić information content (AvgIpc) is 3.44. The molecule has 218 valence electrons. The molecule has 0 aromatic heterocycles. The molecule has 1 aliphatic carbocycles. The van der Waals surface area contributed by atoms with Crippen LogP contribution in [0.4, 0.5) is 5.69 Å². The van der Waals surface area contributed by atoms with E-state index < -0.39 is 28.5 Å². The Bertz CT molecular complexity index is 1440. The fraction of sp³-hybridized carbons (Fsp3) is 0.355. The number of nitrogens with one attached hydrogen (secondary N) is 1. The Morgan fingerprint density at radius 1 is 0.927 bits per heavy atom. The van der Waals surface area contributed by atoms with Crippen LogP contribution in [0.1, 0.15) is 42.4 Å². The number of benzene rings is 3. The number of carbonyl (C=O) groups is 2. The van der Waals surface area contributed by atoms with E-state index in [9.17, 15) is 18.0 Å². The molecule has 1 fully saturated rings. The summed E-state index contributed by atoms with van der Waals surface area (Å²) < 4.78 is 26.9. The van der Waals surface area contributed by atoms with Crippen molar-refractivity contribution < 1.29 is 18.0 Å². The Balaban J connectivity index is 1.75. The molecule has 0 radical (unpaired) electrons. The number of hydrogen-bond donors (Lipinski definition) is 1. The van der Waals surface area contributed by atoms with Crippen LogP contribution in [0.2, 0.25) is 10.0 Å². The summed E-state index contributed by atoms with van der Waals surface area (Å²) in [6, 6.07) is 20.5. The van der Waals surface area contributed by atoms with E-state index in [2.05, 4.69) is 5.32 Å². The second kappa shape index (κ2) is 13.7. The third-order valence-electron chi connectivity index (χ3n) is 7.36. The van der Waals surface area contributed by atoms with Gasteiger partial charge in [-0.15, -0.1) is 0 Å². The van der Waals surface area contributed by atoms with Crippen molar-refractivity contribution in [1.82, 2.24) is 10.2 Å². The molecule has 0 spiro atoms. The fourth-order valence-corrected chi connectivity index (χ4v) is 6.47. The molecule has 1 atom stereocenters. The highest BCUT2D eigenvalue weighted by molar-refractivity contribution is 7.92. The molecule has 1 saturated carbocycles. The van der Waals surface area contributed by atoms with E-state index in [1.165, 1.54) is 4.90 Å². The minimum absolute atomic E-state index is 0.0294. The van der Waals surface area contributed by atoms with E-state index in [-0.39, 0.29) is 24.9 Å². The van der Waals surface area contributed by atoms with Crippen molar-refractivity contribution >= 4 is 50.7 Å². The van der Waals surface area contributed by atoms with Crippen LogP contribution in [0.3, 0.4) is 0 Å². The second-order valence-corrected chi connectivity index (χ2v) is 13.2. The zero-order valence-corrected chi connectivity index (χ0v) is 25.6. The number of halogens is 2. The second-order valence-electron chi connectivity index (χ2n) is 10.5. The summed E-state index contributed by atoms with van der Waals surface area (Å²) in [7, 11) is -3.84.